The monoisotopic (exact) mass is 584 g/mol. The van der Waals surface area contributed by atoms with Gasteiger partial charge in [0.1, 0.15) is 0 Å². The highest BCUT2D eigenvalue weighted by atomic mass is 32.2. The highest BCUT2D eigenvalue weighted by Gasteiger charge is 2.38. The van der Waals surface area contributed by atoms with Crippen LogP contribution in [0.5, 0.6) is 0 Å². The summed E-state index contributed by atoms with van der Waals surface area (Å²) < 4.78 is 124. The zero-order chi connectivity index (χ0) is 28.3. The van der Waals surface area contributed by atoms with Gasteiger partial charge in [-0.15, -0.1) is 0 Å². The van der Waals surface area contributed by atoms with Crippen molar-refractivity contribution in [2.75, 3.05) is 45.8 Å². The molecule has 4 heterocycles. The van der Waals surface area contributed by atoms with Crippen LogP contribution in [0.3, 0.4) is 0 Å². The van der Waals surface area contributed by atoms with Gasteiger partial charge < -0.3 is 13.6 Å². The standard InChI is InChI=1S/C17H26N4.2CHF3O3S/c1-18-15-20(17-6-3-2-5-16(17)18)7-4-11-21-12-8-19(9-13-21)10-14-21;2*2-1(3,4)8(5,6)7/h2-3,5-6,15H,4,7-14H2,1H3;2*(H,5,6,7)/q+2;;/p-2. The molecule has 0 unspecified atom stereocenters. The number of rotatable bonds is 4. The van der Waals surface area contributed by atoms with Gasteiger partial charge in [0.2, 0.25) is 6.33 Å². The minimum Gasteiger partial charge on any atom is -0.741 e. The molecular weight excluding hydrogens is 558 g/mol. The fraction of sp³-hybridized carbons (Fsp3) is 0.632. The lowest BCUT2D eigenvalue weighted by Crippen LogP contribution is -2.67. The number of aryl methyl sites for hydroxylation is 2. The number of hydrogen-bond acceptors (Lipinski definition) is 7. The van der Waals surface area contributed by atoms with Gasteiger partial charge in [0, 0.05) is 26.1 Å². The third kappa shape index (κ3) is 8.51. The Morgan fingerprint density at radius 3 is 1.76 bits per heavy atom. The largest absolute Gasteiger partial charge is 0.741 e. The molecule has 0 N–H and O–H groups in total. The average Bonchev–Trinajstić information content (AvgIpc) is 3.09. The van der Waals surface area contributed by atoms with Crippen LogP contribution in [0, 0.1) is 0 Å². The quantitative estimate of drug-likeness (QED) is 0.173. The van der Waals surface area contributed by atoms with E-state index in [-0.39, 0.29) is 0 Å². The number of quaternary nitrogens is 1. The molecule has 5 rings (SSSR count). The van der Waals surface area contributed by atoms with Gasteiger partial charge in [-0.2, -0.15) is 26.3 Å². The maximum absolute atomic E-state index is 10.7. The number of fused-ring (bicyclic) bond motifs is 4. The minimum atomic E-state index is -6.09. The van der Waals surface area contributed by atoms with Crippen LogP contribution in [0.4, 0.5) is 26.3 Å². The molecule has 10 nitrogen and oxygen atoms in total. The summed E-state index contributed by atoms with van der Waals surface area (Å²) in [5, 5.41) is 0. The molecule has 3 fully saturated rings. The lowest BCUT2D eigenvalue weighted by molar-refractivity contribution is -0.941. The number of piperazine rings is 3. The van der Waals surface area contributed by atoms with Crippen LogP contribution in [0.2, 0.25) is 0 Å². The number of para-hydroxylation sites is 2. The van der Waals surface area contributed by atoms with Crippen molar-refractivity contribution in [3.8, 4) is 0 Å². The van der Waals surface area contributed by atoms with Crippen molar-refractivity contribution in [3.63, 3.8) is 0 Å². The van der Waals surface area contributed by atoms with E-state index >= 15 is 0 Å². The second kappa shape index (κ2) is 11.4. The Hall–Kier alpha value is -1.99. The van der Waals surface area contributed by atoms with Gasteiger partial charge in [0.15, 0.2) is 31.3 Å². The van der Waals surface area contributed by atoms with Crippen LogP contribution >= 0.6 is 0 Å². The minimum absolute atomic E-state index is 1.14. The highest BCUT2D eigenvalue weighted by molar-refractivity contribution is 7.86. The molecule has 212 valence electrons. The summed E-state index contributed by atoms with van der Waals surface area (Å²) in [6.45, 7) is 10.6. The number of halogens is 6. The van der Waals surface area contributed by atoms with Crippen LogP contribution in [0.15, 0.2) is 30.6 Å². The van der Waals surface area contributed by atoms with E-state index < -0.39 is 31.3 Å². The molecule has 1 aromatic carbocycles. The van der Waals surface area contributed by atoms with E-state index in [1.54, 1.807) is 0 Å². The summed E-state index contributed by atoms with van der Waals surface area (Å²) >= 11 is 0. The van der Waals surface area contributed by atoms with E-state index in [4.69, 9.17) is 25.9 Å². The smallest absolute Gasteiger partial charge is 0.485 e. The van der Waals surface area contributed by atoms with Gasteiger partial charge in [-0.05, 0) is 12.1 Å². The number of hydrogen-bond donors (Lipinski definition) is 0. The Morgan fingerprint density at radius 2 is 1.32 bits per heavy atom. The fourth-order valence-electron chi connectivity index (χ4n) is 4.16. The van der Waals surface area contributed by atoms with Gasteiger partial charge in [-0.25, -0.2) is 26.0 Å². The van der Waals surface area contributed by atoms with Crippen molar-refractivity contribution in [3.05, 3.63) is 30.6 Å². The fourth-order valence-corrected chi connectivity index (χ4v) is 4.16. The molecule has 0 saturated carbocycles. The summed E-state index contributed by atoms with van der Waals surface area (Å²) in [5.74, 6) is 0. The van der Waals surface area contributed by atoms with E-state index in [1.165, 1.54) is 67.8 Å². The topological polar surface area (TPSA) is 126 Å². The van der Waals surface area contributed by atoms with Gasteiger partial charge in [0.05, 0.1) is 39.8 Å². The summed E-state index contributed by atoms with van der Waals surface area (Å²) in [4.78, 5) is 2.62. The Bertz CT molecular complexity index is 1210. The maximum atomic E-state index is 10.7. The lowest BCUT2D eigenvalue weighted by atomic mass is 10.1. The highest BCUT2D eigenvalue weighted by Crippen LogP contribution is 2.22. The predicted octanol–water partition coefficient (Wildman–Crippen LogP) is 1.10. The van der Waals surface area contributed by atoms with Gasteiger partial charge >= 0.3 is 11.0 Å². The normalized spacial score (nSPS) is 22.1. The van der Waals surface area contributed by atoms with Crippen molar-refractivity contribution < 1.29 is 61.3 Å². The van der Waals surface area contributed by atoms with Crippen LogP contribution in [0.1, 0.15) is 6.42 Å². The molecule has 0 spiro atoms. The number of alkyl halides is 6. The van der Waals surface area contributed by atoms with Crippen molar-refractivity contribution in [2.45, 2.75) is 24.0 Å². The maximum Gasteiger partial charge on any atom is 0.485 e. The van der Waals surface area contributed by atoms with E-state index in [9.17, 15) is 26.3 Å². The van der Waals surface area contributed by atoms with E-state index in [2.05, 4.69) is 51.7 Å². The second-order valence-corrected chi connectivity index (χ2v) is 11.4. The zero-order valence-electron chi connectivity index (χ0n) is 19.6. The summed E-state index contributed by atoms with van der Waals surface area (Å²) in [7, 11) is -10.0. The van der Waals surface area contributed by atoms with Gasteiger partial charge in [-0.1, -0.05) is 12.1 Å². The first-order valence-electron chi connectivity index (χ1n) is 10.8. The first-order chi connectivity index (χ1) is 16.8. The number of imidazole rings is 1. The molecule has 3 aliphatic heterocycles. The van der Waals surface area contributed by atoms with Crippen LogP contribution in [-0.4, -0.2) is 96.7 Å². The van der Waals surface area contributed by atoms with Gasteiger partial charge in [0.25, 0.3) is 0 Å². The molecule has 2 bridgehead atoms. The van der Waals surface area contributed by atoms with E-state index in [0.29, 0.717) is 0 Å². The van der Waals surface area contributed by atoms with Crippen molar-refractivity contribution in [1.29, 1.82) is 0 Å². The Morgan fingerprint density at radius 1 is 0.892 bits per heavy atom. The third-order valence-electron chi connectivity index (χ3n) is 6.15. The summed E-state index contributed by atoms with van der Waals surface area (Å²) in [6.07, 6.45) is 3.54. The van der Waals surface area contributed by atoms with Crippen LogP contribution in [-0.2, 0) is 33.8 Å². The first-order valence-corrected chi connectivity index (χ1v) is 13.6. The molecule has 0 atom stereocenters. The molecule has 18 heteroatoms. The Kier molecular flexibility index (Phi) is 9.62. The SMILES string of the molecule is C[n+]1cn(CCC[N+]23CCN(CC2)CC3)c2ccccc21.O=S(=O)([O-])C(F)(F)F.O=S(=O)([O-])C(F)(F)F. The number of aromatic nitrogens is 2. The Balaban J connectivity index is 0.000000251. The molecule has 2 aromatic rings. The van der Waals surface area contributed by atoms with E-state index in [0.717, 1.165) is 6.54 Å². The lowest BCUT2D eigenvalue weighted by Gasteiger charge is -2.50. The summed E-state index contributed by atoms with van der Waals surface area (Å²) in [5.41, 5.74) is -8.60. The first kappa shape index (κ1) is 31.2. The molecule has 3 aliphatic rings. The summed E-state index contributed by atoms with van der Waals surface area (Å²) in [6, 6.07) is 8.71. The third-order valence-corrected chi connectivity index (χ3v) is 7.29. The average molecular weight is 585 g/mol. The van der Waals surface area contributed by atoms with Crippen molar-refractivity contribution in [1.82, 2.24) is 9.47 Å². The Labute approximate surface area is 209 Å². The molecule has 1 aromatic heterocycles. The van der Waals surface area contributed by atoms with E-state index in [1.807, 2.05) is 0 Å². The zero-order valence-corrected chi connectivity index (χ0v) is 21.2. The van der Waals surface area contributed by atoms with Crippen molar-refractivity contribution in [2.24, 2.45) is 7.05 Å². The molecular formula is C19H26F6N4O6S2. The van der Waals surface area contributed by atoms with Crippen molar-refractivity contribution >= 4 is 31.3 Å². The molecule has 3 saturated heterocycles. The van der Waals surface area contributed by atoms with Crippen LogP contribution in [0.25, 0.3) is 11.0 Å². The molecule has 37 heavy (non-hydrogen) atoms. The number of benzene rings is 1. The van der Waals surface area contributed by atoms with Crippen LogP contribution < -0.4 is 4.57 Å². The molecule has 0 radical (unpaired) electrons. The molecule has 0 aliphatic carbocycles. The second-order valence-electron chi connectivity index (χ2n) is 8.64. The predicted molar refractivity (Wildman–Crippen MR) is 115 cm³/mol. The molecule has 0 amide bonds. The van der Waals surface area contributed by atoms with Gasteiger partial charge in [-0.3, -0.25) is 4.90 Å². The number of nitrogens with zero attached hydrogens (tertiary/aromatic N) is 4.